The van der Waals surface area contributed by atoms with Crippen LogP contribution < -0.4 is 0 Å². The lowest BCUT2D eigenvalue weighted by atomic mass is 9.47. The van der Waals surface area contributed by atoms with Gasteiger partial charge in [-0.25, -0.2) is 4.39 Å². The molecule has 0 spiro atoms. The van der Waals surface area contributed by atoms with Crippen LogP contribution in [0.1, 0.15) is 72.1 Å². The van der Waals surface area contributed by atoms with Gasteiger partial charge in [0.05, 0.1) is 0 Å². The number of fused-ring (bicyclic) bond motifs is 5. The highest BCUT2D eigenvalue weighted by Gasteiger charge is 2.58. The average Bonchev–Trinajstić information content (AvgIpc) is 2.85. The van der Waals surface area contributed by atoms with Crippen LogP contribution in [0.4, 0.5) is 4.39 Å². The van der Waals surface area contributed by atoms with Crippen molar-refractivity contribution in [3.05, 3.63) is 23.8 Å². The van der Waals surface area contributed by atoms with Crippen molar-refractivity contribution in [3.8, 4) is 0 Å². The summed E-state index contributed by atoms with van der Waals surface area (Å²) in [4.78, 5) is 0. The van der Waals surface area contributed by atoms with E-state index in [9.17, 15) is 4.39 Å². The molecule has 0 bridgehead atoms. The molecule has 0 nitrogen and oxygen atoms in total. The van der Waals surface area contributed by atoms with Crippen molar-refractivity contribution in [1.29, 1.82) is 0 Å². The molecule has 0 amide bonds. The van der Waals surface area contributed by atoms with Crippen molar-refractivity contribution in [2.45, 2.75) is 78.3 Å². The first-order chi connectivity index (χ1) is 10.9. The Balaban J connectivity index is 1.66. The molecule has 0 radical (unpaired) electrons. The summed E-state index contributed by atoms with van der Waals surface area (Å²) in [7, 11) is 0. The maximum absolute atomic E-state index is 13.9. The normalized spacial score (nSPS) is 52.2. The fraction of sp³-hybridized carbons (Fsp3) is 0.818. The fourth-order valence-corrected chi connectivity index (χ4v) is 7.43. The third-order valence-corrected chi connectivity index (χ3v) is 8.64. The Bertz CT molecular complexity index is 546. The molecule has 7 atom stereocenters. The predicted molar refractivity (Wildman–Crippen MR) is 94.9 cm³/mol. The summed E-state index contributed by atoms with van der Waals surface area (Å²) in [5.41, 5.74) is 3.65. The van der Waals surface area contributed by atoms with E-state index in [1.807, 2.05) is 0 Å². The quantitative estimate of drug-likeness (QED) is 0.486. The molecule has 128 valence electrons. The molecule has 0 aliphatic heterocycles. The van der Waals surface area contributed by atoms with Gasteiger partial charge < -0.3 is 0 Å². The lowest BCUT2D eigenvalue weighted by molar-refractivity contribution is -0.0406. The SMILES string of the molecule is C=C(C)[C@H]1CC[C@H]2[C@@H]3CC=C4C[C@H](F)CC[C@]4(C)[C@H]3CC[C@]12C. The first-order valence-corrected chi connectivity index (χ1v) is 9.85. The fourth-order valence-electron chi connectivity index (χ4n) is 7.43. The maximum Gasteiger partial charge on any atom is 0.104 e. The summed E-state index contributed by atoms with van der Waals surface area (Å²) in [6, 6.07) is 0. The molecule has 0 unspecified atom stereocenters. The van der Waals surface area contributed by atoms with Crippen molar-refractivity contribution < 1.29 is 4.39 Å². The van der Waals surface area contributed by atoms with Gasteiger partial charge in [-0.3, -0.25) is 0 Å². The van der Waals surface area contributed by atoms with Gasteiger partial charge in [-0.15, -0.1) is 0 Å². The zero-order valence-corrected chi connectivity index (χ0v) is 15.2. The van der Waals surface area contributed by atoms with E-state index >= 15 is 0 Å². The van der Waals surface area contributed by atoms with Crippen LogP contribution in [0.15, 0.2) is 23.8 Å². The average molecular weight is 317 g/mol. The molecular formula is C22H33F. The van der Waals surface area contributed by atoms with E-state index in [1.165, 1.54) is 43.3 Å². The summed E-state index contributed by atoms with van der Waals surface area (Å²) in [6.07, 6.45) is 11.1. The highest BCUT2D eigenvalue weighted by molar-refractivity contribution is 5.26. The molecule has 4 rings (SSSR count). The molecule has 4 aliphatic carbocycles. The number of alkyl halides is 1. The Morgan fingerprint density at radius 1 is 1.13 bits per heavy atom. The number of hydrogen-bond donors (Lipinski definition) is 0. The highest BCUT2D eigenvalue weighted by atomic mass is 19.1. The van der Waals surface area contributed by atoms with Gasteiger partial charge in [0.15, 0.2) is 0 Å². The topological polar surface area (TPSA) is 0 Å². The second-order valence-electron chi connectivity index (χ2n) is 9.62. The molecule has 1 heteroatoms. The Labute approximate surface area is 141 Å². The van der Waals surface area contributed by atoms with E-state index in [4.69, 9.17) is 0 Å². The summed E-state index contributed by atoms with van der Waals surface area (Å²) in [5.74, 6) is 3.23. The van der Waals surface area contributed by atoms with Crippen LogP contribution in [0, 0.1) is 34.5 Å². The van der Waals surface area contributed by atoms with Gasteiger partial charge in [0.1, 0.15) is 6.17 Å². The lowest BCUT2D eigenvalue weighted by Crippen LogP contribution is -2.50. The van der Waals surface area contributed by atoms with Crippen LogP contribution >= 0.6 is 0 Å². The Morgan fingerprint density at radius 3 is 2.65 bits per heavy atom. The molecule has 0 N–H and O–H groups in total. The third-order valence-electron chi connectivity index (χ3n) is 8.64. The highest BCUT2D eigenvalue weighted by Crippen LogP contribution is 2.67. The first-order valence-electron chi connectivity index (χ1n) is 9.85. The summed E-state index contributed by atoms with van der Waals surface area (Å²) >= 11 is 0. The van der Waals surface area contributed by atoms with Crippen molar-refractivity contribution >= 4 is 0 Å². The van der Waals surface area contributed by atoms with Gasteiger partial charge in [-0.1, -0.05) is 37.6 Å². The van der Waals surface area contributed by atoms with E-state index in [0.29, 0.717) is 10.8 Å². The van der Waals surface area contributed by atoms with Gasteiger partial charge in [0.25, 0.3) is 0 Å². The largest absolute Gasteiger partial charge is 0.247 e. The molecule has 0 saturated heterocycles. The van der Waals surface area contributed by atoms with E-state index in [2.05, 4.69) is 33.4 Å². The third kappa shape index (κ3) is 2.14. The molecule has 0 aromatic carbocycles. The maximum atomic E-state index is 13.9. The van der Waals surface area contributed by atoms with Crippen molar-refractivity contribution in [2.75, 3.05) is 0 Å². The summed E-state index contributed by atoms with van der Waals surface area (Å²) in [6.45, 7) is 11.6. The Hall–Kier alpha value is -0.590. The second-order valence-corrected chi connectivity index (χ2v) is 9.62. The standard InChI is InChI=1S/C22H33F/c1-14(2)18-7-8-19-17-6-5-15-13-16(23)9-11-21(15,3)20(17)10-12-22(18,19)4/h5,16-20H,1,6-13H2,2-4H3/t16-,17+,18-,19+,20+,21+,22-/m1/s1. The molecule has 23 heavy (non-hydrogen) atoms. The summed E-state index contributed by atoms with van der Waals surface area (Å²) in [5, 5.41) is 0. The molecule has 4 aliphatic rings. The Kier molecular flexibility index (Phi) is 3.60. The lowest BCUT2D eigenvalue weighted by Gasteiger charge is -2.58. The number of allylic oxidation sites excluding steroid dienone is 3. The second kappa shape index (κ2) is 5.20. The van der Waals surface area contributed by atoms with Crippen LogP contribution in [-0.2, 0) is 0 Å². The monoisotopic (exact) mass is 316 g/mol. The van der Waals surface area contributed by atoms with Crippen molar-refractivity contribution in [1.82, 2.24) is 0 Å². The van der Waals surface area contributed by atoms with E-state index in [-0.39, 0.29) is 0 Å². The van der Waals surface area contributed by atoms with Gasteiger partial charge in [-0.2, -0.15) is 0 Å². The molecule has 0 aromatic rings. The zero-order valence-electron chi connectivity index (χ0n) is 15.2. The van der Waals surface area contributed by atoms with E-state index in [0.717, 1.165) is 42.9 Å². The Morgan fingerprint density at radius 2 is 1.91 bits per heavy atom. The number of halogens is 1. The van der Waals surface area contributed by atoms with Crippen LogP contribution in [-0.4, -0.2) is 6.17 Å². The van der Waals surface area contributed by atoms with Crippen LogP contribution in [0.2, 0.25) is 0 Å². The molecule has 3 fully saturated rings. The molecule has 3 saturated carbocycles. The van der Waals surface area contributed by atoms with Gasteiger partial charge >= 0.3 is 0 Å². The predicted octanol–water partition coefficient (Wildman–Crippen LogP) is 6.48. The van der Waals surface area contributed by atoms with Crippen LogP contribution in [0.25, 0.3) is 0 Å². The van der Waals surface area contributed by atoms with Crippen LogP contribution in [0.5, 0.6) is 0 Å². The summed E-state index contributed by atoms with van der Waals surface area (Å²) < 4.78 is 13.9. The van der Waals surface area contributed by atoms with Crippen molar-refractivity contribution in [2.24, 2.45) is 34.5 Å². The minimum absolute atomic E-state index is 0.300. The molecule has 0 heterocycles. The van der Waals surface area contributed by atoms with Crippen molar-refractivity contribution in [3.63, 3.8) is 0 Å². The number of rotatable bonds is 1. The van der Waals surface area contributed by atoms with Gasteiger partial charge in [0, 0.05) is 6.42 Å². The van der Waals surface area contributed by atoms with Gasteiger partial charge in [-0.05, 0) is 86.4 Å². The minimum atomic E-state index is -0.584. The number of hydrogen-bond acceptors (Lipinski definition) is 0. The zero-order chi connectivity index (χ0) is 16.4. The van der Waals surface area contributed by atoms with Crippen LogP contribution in [0.3, 0.4) is 0 Å². The smallest absolute Gasteiger partial charge is 0.104 e. The van der Waals surface area contributed by atoms with E-state index in [1.54, 1.807) is 0 Å². The minimum Gasteiger partial charge on any atom is -0.247 e. The molecule has 0 aromatic heterocycles. The van der Waals surface area contributed by atoms with Gasteiger partial charge in [0.2, 0.25) is 0 Å². The molecular weight excluding hydrogens is 283 g/mol. The first kappa shape index (κ1) is 15.9. The van der Waals surface area contributed by atoms with E-state index < -0.39 is 6.17 Å².